The molecular weight excluding hydrogens is 226 g/mol. The minimum Gasteiger partial charge on any atom is -0.397 e. The molecule has 0 atom stereocenters. The van der Waals surface area contributed by atoms with E-state index in [2.05, 4.69) is 0 Å². The van der Waals surface area contributed by atoms with Gasteiger partial charge in [-0.2, -0.15) is 8.78 Å². The van der Waals surface area contributed by atoms with Crippen molar-refractivity contribution in [2.24, 2.45) is 0 Å². The second-order valence-electron chi connectivity index (χ2n) is 3.00. The molecule has 0 aliphatic heterocycles. The van der Waals surface area contributed by atoms with Crippen LogP contribution in [0.5, 0.6) is 0 Å². The summed E-state index contributed by atoms with van der Waals surface area (Å²) in [6, 6.07) is 4.48. The first-order chi connectivity index (χ1) is 6.83. The summed E-state index contributed by atoms with van der Waals surface area (Å²) in [4.78, 5) is 0. The predicted octanol–water partition coefficient (Wildman–Crippen LogP) is 1.54. The number of hydrogen-bond acceptors (Lipinski definition) is 3. The Balaban J connectivity index is 3.05. The summed E-state index contributed by atoms with van der Waals surface area (Å²) < 4.78 is 47.5. The Morgan fingerprint density at radius 1 is 1.40 bits per heavy atom. The lowest BCUT2D eigenvalue weighted by atomic mass is 10.2. The van der Waals surface area contributed by atoms with Gasteiger partial charge in [0.05, 0.1) is 11.4 Å². The maximum atomic E-state index is 12.0. The van der Waals surface area contributed by atoms with E-state index in [0.717, 1.165) is 5.56 Å². The number of hydrogen-bond donors (Lipinski definition) is 2. The van der Waals surface area contributed by atoms with Gasteiger partial charge >= 0.3 is 5.76 Å². The molecule has 0 spiro atoms. The van der Waals surface area contributed by atoms with Crippen LogP contribution in [-0.4, -0.2) is 14.2 Å². The molecular formula is C8H10F2N2O2S. The van der Waals surface area contributed by atoms with Crippen molar-refractivity contribution in [1.29, 1.82) is 0 Å². The molecule has 7 heteroatoms. The first-order valence-corrected chi connectivity index (χ1v) is 5.53. The van der Waals surface area contributed by atoms with Gasteiger partial charge in [-0.1, -0.05) is 6.07 Å². The standard InChI is InChI=1S/C8H10F2N2O2S/c1-5-2-3-6(11)7(4-5)12-15(13,14)8(9)10/h2-4,8,12H,11H2,1H3. The van der Waals surface area contributed by atoms with Gasteiger partial charge in [0.2, 0.25) is 0 Å². The fourth-order valence-electron chi connectivity index (χ4n) is 0.956. The number of halogens is 2. The van der Waals surface area contributed by atoms with Gasteiger partial charge in [0.1, 0.15) is 0 Å². The van der Waals surface area contributed by atoms with Gasteiger partial charge in [-0.05, 0) is 24.6 Å². The normalized spacial score (nSPS) is 11.7. The van der Waals surface area contributed by atoms with Crippen molar-refractivity contribution in [2.75, 3.05) is 10.5 Å². The van der Waals surface area contributed by atoms with Crippen molar-refractivity contribution in [3.05, 3.63) is 23.8 Å². The van der Waals surface area contributed by atoms with Gasteiger partial charge < -0.3 is 5.73 Å². The molecule has 0 saturated carbocycles. The maximum absolute atomic E-state index is 12.0. The molecule has 3 N–H and O–H groups in total. The molecule has 0 saturated heterocycles. The Hall–Kier alpha value is -1.37. The molecule has 15 heavy (non-hydrogen) atoms. The van der Waals surface area contributed by atoms with Crippen LogP contribution in [-0.2, 0) is 10.0 Å². The van der Waals surface area contributed by atoms with E-state index in [4.69, 9.17) is 5.73 Å². The molecule has 0 radical (unpaired) electrons. The molecule has 0 fully saturated rings. The van der Waals surface area contributed by atoms with Crippen molar-refractivity contribution in [2.45, 2.75) is 12.7 Å². The largest absolute Gasteiger partial charge is 0.397 e. The number of alkyl halides is 2. The number of aryl methyl sites for hydroxylation is 1. The SMILES string of the molecule is Cc1ccc(N)c(NS(=O)(=O)C(F)F)c1. The first-order valence-electron chi connectivity index (χ1n) is 3.99. The summed E-state index contributed by atoms with van der Waals surface area (Å²) in [6.45, 7) is 1.69. The highest BCUT2D eigenvalue weighted by Gasteiger charge is 2.24. The lowest BCUT2D eigenvalue weighted by Crippen LogP contribution is -2.21. The quantitative estimate of drug-likeness (QED) is 0.782. The molecule has 0 bridgehead atoms. The van der Waals surface area contributed by atoms with Crippen LogP contribution < -0.4 is 10.5 Å². The van der Waals surface area contributed by atoms with Crippen LogP contribution in [0, 0.1) is 6.92 Å². The van der Waals surface area contributed by atoms with Gasteiger partial charge in [-0.25, -0.2) is 8.42 Å². The molecule has 0 unspecified atom stereocenters. The van der Waals surface area contributed by atoms with Crippen LogP contribution in [0.25, 0.3) is 0 Å². The molecule has 0 aliphatic rings. The van der Waals surface area contributed by atoms with Crippen molar-refractivity contribution >= 4 is 21.4 Å². The molecule has 0 aliphatic carbocycles. The minimum absolute atomic E-state index is 0.0321. The van der Waals surface area contributed by atoms with Crippen LogP contribution in [0.4, 0.5) is 20.2 Å². The third-order valence-corrected chi connectivity index (χ3v) is 2.67. The molecule has 1 aromatic carbocycles. The van der Waals surface area contributed by atoms with Gasteiger partial charge in [0, 0.05) is 0 Å². The van der Waals surface area contributed by atoms with E-state index in [0.29, 0.717) is 0 Å². The van der Waals surface area contributed by atoms with Gasteiger partial charge in [0.25, 0.3) is 10.0 Å². The zero-order valence-electron chi connectivity index (χ0n) is 7.87. The van der Waals surface area contributed by atoms with E-state index in [1.165, 1.54) is 12.1 Å². The number of nitrogens with two attached hydrogens (primary N) is 1. The summed E-state index contributed by atoms with van der Waals surface area (Å²) in [5.41, 5.74) is 6.21. The number of nitrogen functional groups attached to an aromatic ring is 1. The maximum Gasteiger partial charge on any atom is 0.355 e. The fraction of sp³-hybridized carbons (Fsp3) is 0.250. The fourth-order valence-corrected chi connectivity index (χ4v) is 1.53. The van der Waals surface area contributed by atoms with E-state index < -0.39 is 15.8 Å². The van der Waals surface area contributed by atoms with E-state index >= 15 is 0 Å². The molecule has 0 aromatic heterocycles. The number of sulfonamides is 1. The summed E-state index contributed by atoms with van der Waals surface area (Å²) in [7, 11) is -4.65. The average molecular weight is 236 g/mol. The number of rotatable bonds is 3. The van der Waals surface area contributed by atoms with Crippen LogP contribution in [0.15, 0.2) is 18.2 Å². The summed E-state index contributed by atoms with van der Waals surface area (Å²) in [6.07, 6.45) is 0. The topological polar surface area (TPSA) is 72.2 Å². The Morgan fingerprint density at radius 3 is 2.53 bits per heavy atom. The summed E-state index contributed by atoms with van der Waals surface area (Å²) in [5.74, 6) is -3.47. The van der Waals surface area contributed by atoms with E-state index in [1.807, 2.05) is 0 Å². The van der Waals surface area contributed by atoms with Crippen LogP contribution >= 0.6 is 0 Å². The molecule has 4 nitrogen and oxygen atoms in total. The second-order valence-corrected chi connectivity index (χ2v) is 4.65. The zero-order chi connectivity index (χ0) is 11.6. The monoisotopic (exact) mass is 236 g/mol. The zero-order valence-corrected chi connectivity index (χ0v) is 8.68. The predicted molar refractivity (Wildman–Crippen MR) is 54.1 cm³/mol. The highest BCUT2D eigenvalue weighted by molar-refractivity contribution is 7.93. The third-order valence-electron chi connectivity index (χ3n) is 1.70. The van der Waals surface area contributed by atoms with Gasteiger partial charge in [0.15, 0.2) is 0 Å². The van der Waals surface area contributed by atoms with Gasteiger partial charge in [-0.3, -0.25) is 4.72 Å². The molecule has 1 aromatic rings. The Kier molecular flexibility index (Phi) is 3.13. The molecule has 84 valence electrons. The Bertz CT molecular complexity index is 460. The van der Waals surface area contributed by atoms with Crippen molar-refractivity contribution < 1.29 is 17.2 Å². The lowest BCUT2D eigenvalue weighted by Gasteiger charge is -2.09. The van der Waals surface area contributed by atoms with E-state index in [-0.39, 0.29) is 11.4 Å². The van der Waals surface area contributed by atoms with Crippen molar-refractivity contribution in [3.63, 3.8) is 0 Å². The number of nitrogens with one attached hydrogen (secondary N) is 1. The third kappa shape index (κ3) is 2.79. The van der Waals surface area contributed by atoms with E-state index in [1.54, 1.807) is 17.7 Å². The Labute approximate surface area is 86.1 Å². The van der Waals surface area contributed by atoms with Crippen molar-refractivity contribution in [3.8, 4) is 0 Å². The smallest absolute Gasteiger partial charge is 0.355 e. The van der Waals surface area contributed by atoms with Crippen LogP contribution in [0.1, 0.15) is 5.56 Å². The molecule has 1 rings (SSSR count). The second kappa shape index (κ2) is 4.01. The summed E-state index contributed by atoms with van der Waals surface area (Å²) in [5, 5.41) is 0. The highest BCUT2D eigenvalue weighted by atomic mass is 32.2. The highest BCUT2D eigenvalue weighted by Crippen LogP contribution is 2.22. The van der Waals surface area contributed by atoms with Crippen molar-refractivity contribution in [1.82, 2.24) is 0 Å². The van der Waals surface area contributed by atoms with E-state index in [9.17, 15) is 17.2 Å². The average Bonchev–Trinajstić information content (AvgIpc) is 2.10. The van der Waals surface area contributed by atoms with Gasteiger partial charge in [-0.15, -0.1) is 0 Å². The lowest BCUT2D eigenvalue weighted by molar-refractivity contribution is 0.236. The Morgan fingerprint density at radius 2 is 2.00 bits per heavy atom. The molecule has 0 amide bonds. The number of anilines is 2. The first kappa shape index (κ1) is 11.7. The minimum atomic E-state index is -4.65. The summed E-state index contributed by atoms with van der Waals surface area (Å²) >= 11 is 0. The number of benzene rings is 1. The van der Waals surface area contributed by atoms with Crippen LogP contribution in [0.2, 0.25) is 0 Å². The molecule has 0 heterocycles. The van der Waals surface area contributed by atoms with Crippen LogP contribution in [0.3, 0.4) is 0 Å².